The minimum absolute atomic E-state index is 0.252. The van der Waals surface area contributed by atoms with Crippen LogP contribution in [0, 0.1) is 0 Å². The van der Waals surface area contributed by atoms with Gasteiger partial charge in [0.05, 0.1) is 4.91 Å². The zero-order valence-electron chi connectivity index (χ0n) is 12.4. The molecule has 1 fully saturated rings. The fourth-order valence-electron chi connectivity index (χ4n) is 1.89. The van der Waals surface area contributed by atoms with Gasteiger partial charge in [-0.1, -0.05) is 48.8 Å². The molecule has 1 N–H and O–H groups in total. The predicted molar refractivity (Wildman–Crippen MR) is 94.2 cm³/mol. The van der Waals surface area contributed by atoms with Crippen LogP contribution in [0.2, 0.25) is 0 Å². The standard InChI is InChI=1S/C16H15NO4S2/c1-3-8-21-12-6-4-11(5-7-12)9-13-14(18)17(16(22)23-13)10(2)15(19)20/h3-7,9-10H,1,8H2,2H3,(H,19,20)/b13-9-. The number of benzene rings is 1. The van der Waals surface area contributed by atoms with Crippen LogP contribution in [0.5, 0.6) is 5.75 Å². The predicted octanol–water partition coefficient (Wildman–Crippen LogP) is 2.93. The van der Waals surface area contributed by atoms with Crippen LogP contribution in [-0.2, 0) is 9.59 Å². The number of carboxylic acids is 1. The van der Waals surface area contributed by atoms with Crippen LogP contribution in [0.25, 0.3) is 6.08 Å². The van der Waals surface area contributed by atoms with Gasteiger partial charge in [0.15, 0.2) is 0 Å². The molecule has 0 spiro atoms. The Kier molecular flexibility index (Phi) is 5.57. The molecule has 0 bridgehead atoms. The summed E-state index contributed by atoms with van der Waals surface area (Å²) in [6.07, 6.45) is 3.34. The Morgan fingerprint density at radius 1 is 1.48 bits per heavy atom. The van der Waals surface area contributed by atoms with Crippen LogP contribution in [0.15, 0.2) is 41.8 Å². The fourth-order valence-corrected chi connectivity index (χ4v) is 3.31. The molecule has 0 radical (unpaired) electrons. The molecule has 7 heteroatoms. The van der Waals surface area contributed by atoms with Crippen molar-refractivity contribution in [2.75, 3.05) is 6.61 Å². The molecule has 1 aromatic rings. The van der Waals surface area contributed by atoms with Gasteiger partial charge in [-0.25, -0.2) is 4.79 Å². The molecule has 1 amide bonds. The van der Waals surface area contributed by atoms with Gasteiger partial charge >= 0.3 is 5.97 Å². The summed E-state index contributed by atoms with van der Waals surface area (Å²) >= 11 is 6.21. The first-order chi connectivity index (χ1) is 10.9. The summed E-state index contributed by atoms with van der Waals surface area (Å²) in [5.74, 6) is -0.776. The summed E-state index contributed by atoms with van der Waals surface area (Å²) in [4.78, 5) is 24.9. The number of thioether (sulfide) groups is 1. The van der Waals surface area contributed by atoms with E-state index in [9.17, 15) is 9.59 Å². The van der Waals surface area contributed by atoms with Crippen molar-refractivity contribution in [3.05, 3.63) is 47.4 Å². The average Bonchev–Trinajstić information content (AvgIpc) is 2.80. The number of aliphatic carboxylic acids is 1. The van der Waals surface area contributed by atoms with Gasteiger partial charge in [0.2, 0.25) is 0 Å². The highest BCUT2D eigenvalue weighted by Gasteiger charge is 2.38. The van der Waals surface area contributed by atoms with E-state index in [1.54, 1.807) is 24.3 Å². The maximum absolute atomic E-state index is 12.3. The molecule has 1 atom stereocenters. The Bertz CT molecular complexity index is 682. The van der Waals surface area contributed by atoms with Crippen LogP contribution in [0.1, 0.15) is 12.5 Å². The summed E-state index contributed by atoms with van der Waals surface area (Å²) in [6.45, 7) is 5.43. The summed E-state index contributed by atoms with van der Waals surface area (Å²) in [6, 6.07) is 6.21. The van der Waals surface area contributed by atoms with Gasteiger partial charge in [-0.05, 0) is 30.7 Å². The zero-order chi connectivity index (χ0) is 17.0. The lowest BCUT2D eigenvalue weighted by Gasteiger charge is -2.18. The van der Waals surface area contributed by atoms with E-state index in [0.29, 0.717) is 17.3 Å². The molecular weight excluding hydrogens is 334 g/mol. The topological polar surface area (TPSA) is 66.8 Å². The minimum atomic E-state index is -1.09. The van der Waals surface area contributed by atoms with Gasteiger partial charge in [-0.3, -0.25) is 9.69 Å². The highest BCUT2D eigenvalue weighted by Crippen LogP contribution is 2.34. The fraction of sp³-hybridized carbons (Fsp3) is 0.188. The molecule has 23 heavy (non-hydrogen) atoms. The lowest BCUT2D eigenvalue weighted by atomic mass is 10.2. The smallest absolute Gasteiger partial charge is 0.326 e. The first-order valence-electron chi connectivity index (χ1n) is 6.77. The monoisotopic (exact) mass is 349 g/mol. The van der Waals surface area contributed by atoms with Gasteiger partial charge in [-0.2, -0.15) is 0 Å². The van der Waals surface area contributed by atoms with E-state index >= 15 is 0 Å². The quantitative estimate of drug-likeness (QED) is 0.484. The van der Waals surface area contributed by atoms with E-state index in [0.717, 1.165) is 22.2 Å². The third-order valence-corrected chi connectivity index (χ3v) is 4.44. The van der Waals surface area contributed by atoms with Crippen molar-refractivity contribution in [2.24, 2.45) is 0 Å². The first-order valence-corrected chi connectivity index (χ1v) is 8.00. The second kappa shape index (κ2) is 7.43. The number of ether oxygens (including phenoxy) is 1. The minimum Gasteiger partial charge on any atom is -0.490 e. The van der Waals surface area contributed by atoms with Crippen molar-refractivity contribution in [1.29, 1.82) is 0 Å². The molecule has 2 rings (SSSR count). The number of hydrogen-bond donors (Lipinski definition) is 1. The molecule has 5 nitrogen and oxygen atoms in total. The van der Waals surface area contributed by atoms with E-state index in [2.05, 4.69) is 6.58 Å². The third-order valence-electron chi connectivity index (χ3n) is 3.11. The third kappa shape index (κ3) is 4.00. The zero-order valence-corrected chi connectivity index (χ0v) is 14.0. The van der Waals surface area contributed by atoms with Crippen molar-refractivity contribution < 1.29 is 19.4 Å². The van der Waals surface area contributed by atoms with Gasteiger partial charge in [0.1, 0.15) is 22.7 Å². The number of thiocarbonyl (C=S) groups is 1. The van der Waals surface area contributed by atoms with Crippen LogP contribution < -0.4 is 4.74 Å². The maximum Gasteiger partial charge on any atom is 0.326 e. The van der Waals surface area contributed by atoms with E-state index in [-0.39, 0.29) is 10.2 Å². The van der Waals surface area contributed by atoms with Gasteiger partial charge in [-0.15, -0.1) is 0 Å². The number of rotatable bonds is 6. The molecule has 0 aliphatic carbocycles. The molecule has 1 unspecified atom stereocenters. The largest absolute Gasteiger partial charge is 0.490 e. The molecule has 120 valence electrons. The number of carbonyl (C=O) groups is 2. The number of carboxylic acid groups (broad SMARTS) is 1. The normalized spacial score (nSPS) is 17.4. The lowest BCUT2D eigenvalue weighted by molar-refractivity contribution is -0.144. The summed E-state index contributed by atoms with van der Waals surface area (Å²) in [5.41, 5.74) is 0.805. The summed E-state index contributed by atoms with van der Waals surface area (Å²) in [7, 11) is 0. The van der Waals surface area contributed by atoms with Crippen molar-refractivity contribution in [1.82, 2.24) is 4.90 Å². The van der Waals surface area contributed by atoms with E-state index in [1.807, 2.05) is 12.1 Å². The maximum atomic E-state index is 12.3. The van der Waals surface area contributed by atoms with E-state index < -0.39 is 12.0 Å². The molecule has 1 aliphatic heterocycles. The number of carbonyl (C=O) groups excluding carboxylic acids is 1. The Balaban J connectivity index is 2.17. The molecule has 1 saturated heterocycles. The van der Waals surface area contributed by atoms with Crippen molar-refractivity contribution in [3.63, 3.8) is 0 Å². The van der Waals surface area contributed by atoms with Gasteiger partial charge < -0.3 is 9.84 Å². The summed E-state index contributed by atoms with van der Waals surface area (Å²) < 4.78 is 5.64. The number of amides is 1. The molecule has 0 aromatic heterocycles. The van der Waals surface area contributed by atoms with Crippen molar-refractivity contribution >= 4 is 46.3 Å². The number of hydrogen-bond acceptors (Lipinski definition) is 5. The SMILES string of the molecule is C=CCOc1ccc(/C=C2\SC(=S)N(C(C)C(=O)O)C2=O)cc1. The molecule has 0 saturated carbocycles. The van der Waals surface area contributed by atoms with Crippen LogP contribution in [-0.4, -0.2) is 38.9 Å². The Hall–Kier alpha value is -2.12. The Morgan fingerprint density at radius 2 is 2.13 bits per heavy atom. The Labute approximate surface area is 143 Å². The molecule has 1 heterocycles. The van der Waals surface area contributed by atoms with Gasteiger partial charge in [0.25, 0.3) is 5.91 Å². The highest BCUT2D eigenvalue weighted by molar-refractivity contribution is 8.26. The molecule has 1 aromatic carbocycles. The van der Waals surface area contributed by atoms with Crippen LogP contribution in [0.3, 0.4) is 0 Å². The van der Waals surface area contributed by atoms with Crippen LogP contribution >= 0.6 is 24.0 Å². The van der Waals surface area contributed by atoms with E-state index in [4.69, 9.17) is 22.1 Å². The average molecular weight is 349 g/mol. The number of nitrogens with zero attached hydrogens (tertiary/aromatic N) is 1. The van der Waals surface area contributed by atoms with Crippen LogP contribution in [0.4, 0.5) is 0 Å². The molecular formula is C16H15NO4S2. The lowest BCUT2D eigenvalue weighted by Crippen LogP contribution is -2.41. The Morgan fingerprint density at radius 3 is 2.70 bits per heavy atom. The van der Waals surface area contributed by atoms with Crippen molar-refractivity contribution in [3.8, 4) is 5.75 Å². The first kappa shape index (κ1) is 17.2. The highest BCUT2D eigenvalue weighted by atomic mass is 32.2. The second-order valence-corrected chi connectivity index (χ2v) is 6.41. The summed E-state index contributed by atoms with van der Waals surface area (Å²) in [5, 5.41) is 9.05. The van der Waals surface area contributed by atoms with Gasteiger partial charge in [0, 0.05) is 0 Å². The molecule has 1 aliphatic rings. The second-order valence-electron chi connectivity index (χ2n) is 4.73. The van der Waals surface area contributed by atoms with E-state index in [1.165, 1.54) is 6.92 Å². The van der Waals surface area contributed by atoms with Crippen molar-refractivity contribution in [2.45, 2.75) is 13.0 Å².